The Kier molecular flexibility index (Phi) is 5.09. The lowest BCUT2D eigenvalue weighted by atomic mass is 10.00. The van der Waals surface area contributed by atoms with Crippen molar-refractivity contribution in [3.63, 3.8) is 0 Å². The summed E-state index contributed by atoms with van der Waals surface area (Å²) in [7, 11) is -3.31. The molecule has 4 nitrogen and oxygen atoms in total. The molecule has 1 heterocycles. The van der Waals surface area contributed by atoms with E-state index in [4.69, 9.17) is 0 Å². The van der Waals surface area contributed by atoms with Gasteiger partial charge in [0.25, 0.3) is 0 Å². The summed E-state index contributed by atoms with van der Waals surface area (Å²) >= 11 is 0. The molecule has 2 rings (SSSR count). The zero-order valence-electron chi connectivity index (χ0n) is 12.3. The van der Waals surface area contributed by atoms with Crippen molar-refractivity contribution in [1.29, 1.82) is 0 Å². The molecule has 0 radical (unpaired) electrons. The highest BCUT2D eigenvalue weighted by Gasteiger charge is 2.20. The molecule has 112 valence electrons. The average molecular weight is 304 g/mol. The van der Waals surface area contributed by atoms with Gasteiger partial charge >= 0.3 is 0 Å². The van der Waals surface area contributed by atoms with Gasteiger partial charge in [-0.1, -0.05) is 36.8 Å². The first-order valence-electron chi connectivity index (χ1n) is 6.98. The van der Waals surface area contributed by atoms with Crippen LogP contribution in [0.4, 0.5) is 0 Å². The molecule has 1 atom stereocenters. The zero-order chi connectivity index (χ0) is 15.3. The summed E-state index contributed by atoms with van der Waals surface area (Å²) in [6.07, 6.45) is 3.93. The fourth-order valence-corrected chi connectivity index (χ4v) is 3.44. The number of hydrogen-bond acceptors (Lipinski definition) is 3. The van der Waals surface area contributed by atoms with Gasteiger partial charge in [0.1, 0.15) is 0 Å². The average Bonchev–Trinajstić information content (AvgIpc) is 2.47. The quantitative estimate of drug-likeness (QED) is 0.892. The predicted octanol–water partition coefficient (Wildman–Crippen LogP) is 2.81. The lowest BCUT2D eigenvalue weighted by molar-refractivity contribution is 0.570. The molecule has 2 aromatic rings. The SMILES string of the molecule is CCCS(=O)(=O)N[C@H](c1ccncc1)c1ccc(C)cc1. The Morgan fingerprint density at radius 2 is 1.62 bits per heavy atom. The maximum absolute atomic E-state index is 12.1. The van der Waals surface area contributed by atoms with Gasteiger partial charge in [0.2, 0.25) is 10.0 Å². The number of nitrogens with one attached hydrogen (secondary N) is 1. The summed E-state index contributed by atoms with van der Waals surface area (Å²) in [6.45, 7) is 3.86. The normalized spacial score (nSPS) is 13.0. The van der Waals surface area contributed by atoms with E-state index in [1.54, 1.807) is 12.4 Å². The van der Waals surface area contributed by atoms with Crippen molar-refractivity contribution in [2.75, 3.05) is 5.75 Å². The number of benzene rings is 1. The molecule has 0 saturated carbocycles. The summed E-state index contributed by atoms with van der Waals surface area (Å²) in [4.78, 5) is 3.99. The second kappa shape index (κ2) is 6.83. The van der Waals surface area contributed by atoms with Gasteiger partial charge in [-0.25, -0.2) is 13.1 Å². The third-order valence-corrected chi connectivity index (χ3v) is 4.76. The third-order valence-electron chi connectivity index (χ3n) is 3.22. The van der Waals surface area contributed by atoms with Crippen LogP contribution in [0.5, 0.6) is 0 Å². The molecule has 21 heavy (non-hydrogen) atoms. The topological polar surface area (TPSA) is 59.1 Å². The fraction of sp³-hybridized carbons (Fsp3) is 0.312. The summed E-state index contributed by atoms with van der Waals surface area (Å²) < 4.78 is 27.0. The molecule has 1 aromatic carbocycles. The molecule has 0 aliphatic heterocycles. The molecule has 0 aliphatic rings. The predicted molar refractivity (Wildman–Crippen MR) is 84.5 cm³/mol. The van der Waals surface area contributed by atoms with Crippen molar-refractivity contribution in [3.05, 3.63) is 65.5 Å². The highest BCUT2D eigenvalue weighted by Crippen LogP contribution is 2.23. The molecule has 1 N–H and O–H groups in total. The Bertz CT molecular complexity index is 667. The summed E-state index contributed by atoms with van der Waals surface area (Å²) in [5.74, 6) is 0.125. The molecule has 0 amide bonds. The summed E-state index contributed by atoms with van der Waals surface area (Å²) in [6, 6.07) is 11.2. The van der Waals surface area contributed by atoms with Crippen LogP contribution in [0.2, 0.25) is 0 Å². The van der Waals surface area contributed by atoms with Crippen molar-refractivity contribution in [3.8, 4) is 0 Å². The van der Waals surface area contributed by atoms with Gasteiger partial charge in [-0.05, 0) is 36.6 Å². The minimum absolute atomic E-state index is 0.125. The molecule has 5 heteroatoms. The van der Waals surface area contributed by atoms with Gasteiger partial charge in [0.05, 0.1) is 11.8 Å². The molecule has 0 spiro atoms. The van der Waals surface area contributed by atoms with Crippen LogP contribution in [0.25, 0.3) is 0 Å². The molecule has 0 aliphatic carbocycles. The van der Waals surface area contributed by atoms with Crippen molar-refractivity contribution < 1.29 is 8.42 Å². The minimum Gasteiger partial charge on any atom is -0.265 e. The van der Waals surface area contributed by atoms with E-state index < -0.39 is 10.0 Å². The van der Waals surface area contributed by atoms with Crippen LogP contribution in [0.15, 0.2) is 48.8 Å². The largest absolute Gasteiger partial charge is 0.265 e. The van der Waals surface area contributed by atoms with Gasteiger partial charge in [0, 0.05) is 12.4 Å². The monoisotopic (exact) mass is 304 g/mol. The van der Waals surface area contributed by atoms with E-state index in [0.29, 0.717) is 6.42 Å². The molecular weight excluding hydrogens is 284 g/mol. The van der Waals surface area contributed by atoms with Gasteiger partial charge in [0.15, 0.2) is 0 Å². The third kappa shape index (κ3) is 4.37. The maximum atomic E-state index is 12.1. The first kappa shape index (κ1) is 15.7. The minimum atomic E-state index is -3.31. The molecule has 0 fully saturated rings. The summed E-state index contributed by atoms with van der Waals surface area (Å²) in [5, 5.41) is 0. The van der Waals surface area contributed by atoms with Gasteiger partial charge in [-0.15, -0.1) is 0 Å². The van der Waals surface area contributed by atoms with E-state index in [9.17, 15) is 8.42 Å². The van der Waals surface area contributed by atoms with E-state index >= 15 is 0 Å². The van der Waals surface area contributed by atoms with Crippen LogP contribution in [-0.4, -0.2) is 19.2 Å². The van der Waals surface area contributed by atoms with E-state index in [-0.39, 0.29) is 11.8 Å². The lowest BCUT2D eigenvalue weighted by Crippen LogP contribution is -2.31. The van der Waals surface area contributed by atoms with E-state index in [1.165, 1.54) is 0 Å². The molecule has 0 saturated heterocycles. The van der Waals surface area contributed by atoms with E-state index in [2.05, 4.69) is 9.71 Å². The molecule has 0 bridgehead atoms. The molecule has 0 unspecified atom stereocenters. The van der Waals surface area contributed by atoms with E-state index in [1.807, 2.05) is 50.2 Å². The Morgan fingerprint density at radius 3 is 2.19 bits per heavy atom. The second-order valence-electron chi connectivity index (χ2n) is 5.06. The summed E-state index contributed by atoms with van der Waals surface area (Å²) in [5.41, 5.74) is 2.95. The van der Waals surface area contributed by atoms with Crippen molar-refractivity contribution in [1.82, 2.24) is 9.71 Å². The zero-order valence-corrected chi connectivity index (χ0v) is 13.1. The van der Waals surface area contributed by atoms with Crippen LogP contribution < -0.4 is 4.72 Å². The number of aromatic nitrogens is 1. The van der Waals surface area contributed by atoms with Crippen LogP contribution >= 0.6 is 0 Å². The number of pyridine rings is 1. The van der Waals surface area contributed by atoms with E-state index in [0.717, 1.165) is 16.7 Å². The standard InChI is InChI=1S/C16H20N2O2S/c1-3-12-21(19,20)18-16(15-8-10-17-11-9-15)14-6-4-13(2)5-7-14/h4-11,16,18H,3,12H2,1-2H3/t16-/m0/s1. The van der Waals surface area contributed by atoms with Gasteiger partial charge < -0.3 is 0 Å². The first-order chi connectivity index (χ1) is 10.0. The van der Waals surface area contributed by atoms with Crippen molar-refractivity contribution in [2.24, 2.45) is 0 Å². The number of hydrogen-bond donors (Lipinski definition) is 1. The highest BCUT2D eigenvalue weighted by atomic mass is 32.2. The van der Waals surface area contributed by atoms with Crippen LogP contribution in [0, 0.1) is 6.92 Å². The van der Waals surface area contributed by atoms with Crippen LogP contribution in [0.3, 0.4) is 0 Å². The van der Waals surface area contributed by atoms with Gasteiger partial charge in [-0.2, -0.15) is 0 Å². The van der Waals surface area contributed by atoms with Gasteiger partial charge in [-0.3, -0.25) is 4.98 Å². The Balaban J connectivity index is 2.38. The number of rotatable bonds is 6. The second-order valence-corrected chi connectivity index (χ2v) is 6.93. The maximum Gasteiger partial charge on any atom is 0.212 e. The lowest BCUT2D eigenvalue weighted by Gasteiger charge is -2.19. The van der Waals surface area contributed by atoms with Crippen LogP contribution in [-0.2, 0) is 10.0 Å². The number of aryl methyl sites for hydroxylation is 1. The Morgan fingerprint density at radius 1 is 1.05 bits per heavy atom. The van der Waals surface area contributed by atoms with Crippen molar-refractivity contribution >= 4 is 10.0 Å². The fourth-order valence-electron chi connectivity index (χ4n) is 2.15. The van der Waals surface area contributed by atoms with Crippen LogP contribution in [0.1, 0.15) is 36.1 Å². The Hall–Kier alpha value is -1.72. The molecule has 1 aromatic heterocycles. The van der Waals surface area contributed by atoms with Crippen molar-refractivity contribution in [2.45, 2.75) is 26.3 Å². The number of nitrogens with zero attached hydrogens (tertiary/aromatic N) is 1. The first-order valence-corrected chi connectivity index (χ1v) is 8.63. The highest BCUT2D eigenvalue weighted by molar-refractivity contribution is 7.89. The smallest absolute Gasteiger partial charge is 0.212 e. The number of sulfonamides is 1. The molecular formula is C16H20N2O2S. The Labute approximate surface area is 126 Å².